The van der Waals surface area contributed by atoms with Crippen molar-refractivity contribution in [2.45, 2.75) is 83.5 Å². The number of para-hydroxylation sites is 1. The van der Waals surface area contributed by atoms with E-state index in [0.29, 0.717) is 0 Å². The van der Waals surface area contributed by atoms with Gasteiger partial charge >= 0.3 is 0 Å². The Labute approximate surface area is 147 Å². The largest absolute Gasteiger partial charge is 0.252 e. The van der Waals surface area contributed by atoms with Crippen molar-refractivity contribution >= 4 is 11.3 Å². The molecule has 0 saturated heterocycles. The molecule has 1 aromatic rings. The molecule has 0 aromatic heterocycles. The van der Waals surface area contributed by atoms with E-state index in [9.17, 15) is 0 Å². The van der Waals surface area contributed by atoms with E-state index in [1.54, 1.807) is 5.57 Å². The quantitative estimate of drug-likeness (QED) is 0.529. The Morgan fingerprint density at radius 3 is 2.12 bits per heavy atom. The van der Waals surface area contributed by atoms with Crippen LogP contribution in [0.3, 0.4) is 0 Å². The summed E-state index contributed by atoms with van der Waals surface area (Å²) in [6.07, 6.45) is 18.5. The van der Waals surface area contributed by atoms with Crippen LogP contribution in [-0.4, -0.2) is 0 Å². The molecule has 2 aliphatic carbocycles. The van der Waals surface area contributed by atoms with Gasteiger partial charge in [-0.15, -0.1) is 0 Å². The molecule has 1 heterocycles. The van der Waals surface area contributed by atoms with E-state index in [1.165, 1.54) is 100 Å². The van der Waals surface area contributed by atoms with E-state index >= 15 is 0 Å². The molecule has 1 atom stereocenters. The maximum Gasteiger partial charge on any atom is 0.0708 e. The second-order valence-corrected chi connectivity index (χ2v) is 8.16. The summed E-state index contributed by atoms with van der Waals surface area (Å²) in [6.45, 7) is 0. The third-order valence-corrected chi connectivity index (χ3v) is 6.54. The first-order valence-corrected chi connectivity index (χ1v) is 10.5. The van der Waals surface area contributed by atoms with Gasteiger partial charge in [-0.2, -0.15) is 0 Å². The molecule has 1 aliphatic heterocycles. The predicted molar refractivity (Wildman–Crippen MR) is 102 cm³/mol. The molecule has 3 aliphatic rings. The Morgan fingerprint density at radius 1 is 0.708 bits per heavy atom. The highest BCUT2D eigenvalue weighted by molar-refractivity contribution is 5.82. The summed E-state index contributed by atoms with van der Waals surface area (Å²) in [4.78, 5) is 0. The lowest BCUT2D eigenvalue weighted by molar-refractivity contribution is 0.284. The van der Waals surface area contributed by atoms with E-state index in [0.717, 1.165) is 11.8 Å². The minimum absolute atomic E-state index is 0.738. The number of allylic oxidation sites excluding steroid dienone is 2. The fourth-order valence-corrected chi connectivity index (χ4v) is 5.25. The zero-order chi connectivity index (χ0) is 16.2. The maximum atomic E-state index is 5.12. The summed E-state index contributed by atoms with van der Waals surface area (Å²) in [5, 5.41) is 5.12. The normalized spacial score (nSPS) is 26.2. The van der Waals surface area contributed by atoms with Gasteiger partial charge in [0.15, 0.2) is 0 Å². The molecular weight excluding hydrogens is 290 g/mol. The number of hydrogen-bond acceptors (Lipinski definition) is 0. The van der Waals surface area contributed by atoms with E-state index in [-0.39, 0.29) is 0 Å². The lowest BCUT2D eigenvalue weighted by Gasteiger charge is -2.32. The minimum Gasteiger partial charge on any atom is -0.252 e. The number of rotatable bonds is 1. The van der Waals surface area contributed by atoms with Crippen molar-refractivity contribution in [2.24, 2.45) is 11.8 Å². The molecule has 0 bridgehead atoms. The number of fused-ring (bicyclic) bond motifs is 2. The Kier molecular flexibility index (Phi) is 5.25. The van der Waals surface area contributed by atoms with Gasteiger partial charge in [0.1, 0.15) is 0 Å². The second-order valence-electron chi connectivity index (χ2n) is 8.16. The lowest BCUT2D eigenvalue weighted by atomic mass is 9.75. The summed E-state index contributed by atoms with van der Waals surface area (Å²) in [6, 6.07) is 8.83. The van der Waals surface area contributed by atoms with Crippen LogP contribution in [0.4, 0.5) is 5.69 Å². The van der Waals surface area contributed by atoms with Crippen LogP contribution >= 0.6 is 0 Å². The van der Waals surface area contributed by atoms with E-state index in [4.69, 9.17) is 5.32 Å². The van der Waals surface area contributed by atoms with Crippen molar-refractivity contribution in [3.63, 3.8) is 0 Å². The molecule has 129 valence electrons. The first kappa shape index (κ1) is 16.2. The summed E-state index contributed by atoms with van der Waals surface area (Å²) < 4.78 is 0. The first-order valence-electron chi connectivity index (χ1n) is 10.5. The van der Waals surface area contributed by atoms with Crippen molar-refractivity contribution in [3.05, 3.63) is 35.5 Å². The van der Waals surface area contributed by atoms with Crippen LogP contribution < -0.4 is 5.32 Å². The van der Waals surface area contributed by atoms with Gasteiger partial charge < -0.3 is 0 Å². The van der Waals surface area contributed by atoms with Gasteiger partial charge in [0, 0.05) is 17.2 Å². The Hall–Kier alpha value is -1.24. The van der Waals surface area contributed by atoms with Gasteiger partial charge in [0.25, 0.3) is 0 Å². The molecule has 1 saturated carbocycles. The SMILES string of the molecule is c1ccc2c(c1)[N]C1=C2CCCC1C1CCCCCCCCCC1. The fraction of sp³-hybridized carbons (Fsp3) is 0.652. The van der Waals surface area contributed by atoms with Crippen molar-refractivity contribution < 1.29 is 0 Å². The van der Waals surface area contributed by atoms with E-state index < -0.39 is 0 Å². The van der Waals surface area contributed by atoms with Gasteiger partial charge in [0.2, 0.25) is 0 Å². The van der Waals surface area contributed by atoms with Crippen LogP contribution in [0.15, 0.2) is 30.0 Å². The molecule has 0 amide bonds. The zero-order valence-electron chi connectivity index (χ0n) is 15.1. The standard InChI is InChI=1S/C23H32N/c1-2-4-6-8-13-18(12-7-5-3-1)19-15-11-16-21-20-14-9-10-17-22(20)24-23(19)21/h9-10,14,17-19H,1-8,11-13,15-16H2. The van der Waals surface area contributed by atoms with Gasteiger partial charge in [-0.1, -0.05) is 69.6 Å². The minimum atomic E-state index is 0.738. The first-order chi connectivity index (χ1) is 11.9. The molecule has 1 radical (unpaired) electrons. The van der Waals surface area contributed by atoms with Crippen LogP contribution in [0.2, 0.25) is 0 Å². The van der Waals surface area contributed by atoms with Crippen molar-refractivity contribution in [1.29, 1.82) is 0 Å². The van der Waals surface area contributed by atoms with Crippen LogP contribution in [0, 0.1) is 11.8 Å². The van der Waals surface area contributed by atoms with E-state index in [2.05, 4.69) is 24.3 Å². The van der Waals surface area contributed by atoms with Crippen molar-refractivity contribution in [2.75, 3.05) is 0 Å². The monoisotopic (exact) mass is 322 g/mol. The third kappa shape index (κ3) is 3.41. The molecule has 1 unspecified atom stereocenters. The lowest BCUT2D eigenvalue weighted by Crippen LogP contribution is -2.23. The predicted octanol–water partition coefficient (Wildman–Crippen LogP) is 6.98. The molecular formula is C23H32N. The molecule has 0 N–H and O–H groups in total. The zero-order valence-corrected chi connectivity index (χ0v) is 15.1. The molecule has 0 spiro atoms. The average molecular weight is 323 g/mol. The van der Waals surface area contributed by atoms with Crippen molar-refractivity contribution in [3.8, 4) is 0 Å². The molecule has 1 aromatic carbocycles. The summed E-state index contributed by atoms with van der Waals surface area (Å²) in [5.41, 5.74) is 5.76. The highest BCUT2D eigenvalue weighted by atomic mass is 14.9. The van der Waals surface area contributed by atoms with E-state index in [1.807, 2.05) is 0 Å². The molecule has 4 rings (SSSR count). The van der Waals surface area contributed by atoms with Crippen LogP contribution in [-0.2, 0) is 0 Å². The van der Waals surface area contributed by atoms with Crippen LogP contribution in [0.1, 0.15) is 89.0 Å². The Balaban J connectivity index is 1.52. The molecule has 1 fully saturated rings. The summed E-state index contributed by atoms with van der Waals surface area (Å²) in [7, 11) is 0. The van der Waals surface area contributed by atoms with Crippen LogP contribution in [0.5, 0.6) is 0 Å². The maximum absolute atomic E-state index is 5.12. The topological polar surface area (TPSA) is 14.1 Å². The molecule has 1 nitrogen and oxygen atoms in total. The second kappa shape index (κ2) is 7.76. The Bertz CT molecular complexity index is 573. The highest BCUT2D eigenvalue weighted by Gasteiger charge is 2.35. The third-order valence-electron chi connectivity index (χ3n) is 6.54. The fourth-order valence-electron chi connectivity index (χ4n) is 5.25. The Morgan fingerprint density at radius 2 is 1.38 bits per heavy atom. The van der Waals surface area contributed by atoms with Gasteiger partial charge in [-0.25, -0.2) is 0 Å². The smallest absolute Gasteiger partial charge is 0.0708 e. The number of nitrogens with zero attached hydrogens (tertiary/aromatic N) is 1. The number of benzene rings is 1. The summed E-state index contributed by atoms with van der Waals surface area (Å²) in [5.74, 6) is 1.62. The van der Waals surface area contributed by atoms with Crippen molar-refractivity contribution in [1.82, 2.24) is 5.32 Å². The van der Waals surface area contributed by atoms with Crippen LogP contribution in [0.25, 0.3) is 5.57 Å². The number of hydrogen-bond donors (Lipinski definition) is 0. The van der Waals surface area contributed by atoms with Gasteiger partial charge in [-0.3, -0.25) is 5.32 Å². The molecule has 24 heavy (non-hydrogen) atoms. The van der Waals surface area contributed by atoms with Gasteiger partial charge in [0.05, 0.1) is 5.69 Å². The van der Waals surface area contributed by atoms with Gasteiger partial charge in [-0.05, 0) is 49.7 Å². The average Bonchev–Trinajstić information content (AvgIpc) is 2.97. The highest BCUT2D eigenvalue weighted by Crippen LogP contribution is 2.48. The summed E-state index contributed by atoms with van der Waals surface area (Å²) >= 11 is 0. The molecule has 1 heteroatoms.